The summed E-state index contributed by atoms with van der Waals surface area (Å²) in [4.78, 5) is 26.6. The van der Waals surface area contributed by atoms with Gasteiger partial charge in [-0.1, -0.05) is 17.7 Å². The summed E-state index contributed by atoms with van der Waals surface area (Å²) in [5.41, 5.74) is 1.11. The molecule has 0 unspecified atom stereocenters. The van der Waals surface area contributed by atoms with Crippen molar-refractivity contribution >= 4 is 46.0 Å². The normalized spacial score (nSPS) is 14.7. The number of nitrogens with one attached hydrogen (secondary N) is 1. The SMILES string of the molecule is COc1ccc(Cl)cc1NC1=C(c2cccs2)C(=O)N(C)C1=O. The van der Waals surface area contributed by atoms with Crippen molar-refractivity contribution in [2.45, 2.75) is 0 Å². The first kappa shape index (κ1) is 15.6. The van der Waals surface area contributed by atoms with E-state index >= 15 is 0 Å². The van der Waals surface area contributed by atoms with Crippen molar-refractivity contribution in [1.82, 2.24) is 4.90 Å². The predicted octanol–water partition coefficient (Wildman–Crippen LogP) is 3.23. The van der Waals surface area contributed by atoms with Crippen molar-refractivity contribution in [3.63, 3.8) is 0 Å². The molecule has 118 valence electrons. The standard InChI is InChI=1S/C16H13ClN2O3S/c1-19-15(20)13(12-4-3-7-23-12)14(16(19)21)18-10-8-9(17)5-6-11(10)22-2/h3-8,18H,1-2H3. The molecule has 2 aromatic rings. The summed E-state index contributed by atoms with van der Waals surface area (Å²) in [6.07, 6.45) is 0. The molecule has 0 atom stereocenters. The summed E-state index contributed by atoms with van der Waals surface area (Å²) < 4.78 is 5.27. The van der Waals surface area contributed by atoms with Gasteiger partial charge < -0.3 is 10.1 Å². The number of halogens is 1. The molecule has 1 aliphatic heterocycles. The van der Waals surface area contributed by atoms with Gasteiger partial charge in [-0.05, 0) is 29.6 Å². The fourth-order valence-electron chi connectivity index (χ4n) is 2.32. The van der Waals surface area contributed by atoms with Crippen molar-refractivity contribution in [3.8, 4) is 5.75 Å². The van der Waals surface area contributed by atoms with Crippen molar-refractivity contribution < 1.29 is 14.3 Å². The van der Waals surface area contributed by atoms with Crippen LogP contribution in [0.1, 0.15) is 4.88 Å². The monoisotopic (exact) mass is 348 g/mol. The number of benzene rings is 1. The van der Waals surface area contributed by atoms with Crippen LogP contribution in [0.4, 0.5) is 5.69 Å². The van der Waals surface area contributed by atoms with Crippen molar-refractivity contribution in [1.29, 1.82) is 0 Å². The lowest BCUT2D eigenvalue weighted by molar-refractivity contribution is -0.135. The van der Waals surface area contributed by atoms with Gasteiger partial charge in [0, 0.05) is 16.9 Å². The van der Waals surface area contributed by atoms with E-state index < -0.39 is 0 Å². The molecular formula is C16H13ClN2O3S. The Morgan fingerprint density at radius 3 is 2.65 bits per heavy atom. The molecule has 23 heavy (non-hydrogen) atoms. The van der Waals surface area contributed by atoms with Gasteiger partial charge in [-0.15, -0.1) is 11.3 Å². The molecule has 0 bridgehead atoms. The molecule has 1 aromatic carbocycles. The molecule has 0 saturated heterocycles. The number of thiophene rings is 1. The van der Waals surface area contributed by atoms with Gasteiger partial charge in [-0.25, -0.2) is 0 Å². The third kappa shape index (κ3) is 2.71. The summed E-state index contributed by atoms with van der Waals surface area (Å²) in [6, 6.07) is 8.67. The molecule has 2 amide bonds. The first-order valence-corrected chi connectivity index (χ1v) is 7.99. The summed E-state index contributed by atoms with van der Waals surface area (Å²) in [7, 11) is 2.99. The third-order valence-corrected chi connectivity index (χ3v) is 4.60. The minimum absolute atomic E-state index is 0.223. The second-order valence-electron chi connectivity index (χ2n) is 4.87. The van der Waals surface area contributed by atoms with E-state index in [9.17, 15) is 9.59 Å². The topological polar surface area (TPSA) is 58.6 Å². The van der Waals surface area contributed by atoms with Crippen LogP contribution in [0.25, 0.3) is 5.57 Å². The van der Waals surface area contributed by atoms with Crippen LogP contribution in [-0.4, -0.2) is 30.9 Å². The lowest BCUT2D eigenvalue weighted by Gasteiger charge is -2.12. The highest BCUT2D eigenvalue weighted by molar-refractivity contribution is 7.11. The van der Waals surface area contributed by atoms with Gasteiger partial charge in [-0.2, -0.15) is 0 Å². The molecule has 3 rings (SSSR count). The Morgan fingerprint density at radius 1 is 1.22 bits per heavy atom. The number of carbonyl (C=O) groups excluding carboxylic acids is 2. The second-order valence-corrected chi connectivity index (χ2v) is 6.25. The van der Waals surface area contributed by atoms with Crippen LogP contribution in [0.5, 0.6) is 5.75 Å². The quantitative estimate of drug-likeness (QED) is 0.862. The van der Waals surface area contributed by atoms with Gasteiger partial charge in [0.25, 0.3) is 11.8 Å². The fraction of sp³-hybridized carbons (Fsp3) is 0.125. The second kappa shape index (κ2) is 6.06. The van der Waals surface area contributed by atoms with Crippen molar-refractivity contribution in [2.24, 2.45) is 0 Å². The number of ether oxygens (including phenoxy) is 1. The number of methoxy groups -OCH3 is 1. The molecule has 7 heteroatoms. The summed E-state index contributed by atoms with van der Waals surface area (Å²) in [6.45, 7) is 0. The molecule has 0 fully saturated rings. The average molecular weight is 349 g/mol. The van der Waals surface area contributed by atoms with Gasteiger partial charge in [-0.3, -0.25) is 14.5 Å². The van der Waals surface area contributed by atoms with E-state index in [-0.39, 0.29) is 17.5 Å². The van der Waals surface area contributed by atoms with Gasteiger partial charge in [0.05, 0.1) is 18.4 Å². The number of hydrogen-bond donors (Lipinski definition) is 1. The maximum atomic E-state index is 12.4. The molecule has 0 radical (unpaired) electrons. The van der Waals surface area contributed by atoms with E-state index in [1.807, 2.05) is 11.4 Å². The van der Waals surface area contributed by atoms with E-state index in [1.54, 1.807) is 24.3 Å². The average Bonchev–Trinajstić information content (AvgIpc) is 3.12. The van der Waals surface area contributed by atoms with E-state index in [0.717, 1.165) is 9.78 Å². The smallest absolute Gasteiger partial charge is 0.277 e. The Balaban J connectivity index is 2.10. The number of rotatable bonds is 4. The molecule has 0 saturated carbocycles. The molecule has 5 nitrogen and oxygen atoms in total. The Labute approximate surface area is 142 Å². The van der Waals surface area contributed by atoms with E-state index in [2.05, 4.69) is 5.32 Å². The summed E-state index contributed by atoms with van der Waals surface area (Å²) in [5, 5.41) is 5.37. The number of anilines is 1. The number of amides is 2. The largest absolute Gasteiger partial charge is 0.495 e. The minimum Gasteiger partial charge on any atom is -0.495 e. The van der Waals surface area contributed by atoms with Crippen molar-refractivity contribution in [2.75, 3.05) is 19.5 Å². The molecule has 2 heterocycles. The maximum absolute atomic E-state index is 12.4. The highest BCUT2D eigenvalue weighted by atomic mass is 35.5. The zero-order chi connectivity index (χ0) is 16.6. The lowest BCUT2D eigenvalue weighted by Crippen LogP contribution is -2.27. The minimum atomic E-state index is -0.388. The molecular weight excluding hydrogens is 336 g/mol. The molecule has 1 N–H and O–H groups in total. The fourth-order valence-corrected chi connectivity index (χ4v) is 3.26. The number of likely N-dealkylation sites (N-methyl/N-ethyl adjacent to an activating group) is 1. The zero-order valence-electron chi connectivity index (χ0n) is 12.4. The number of carbonyl (C=O) groups is 2. The first-order chi connectivity index (χ1) is 11.0. The number of nitrogens with zero attached hydrogens (tertiary/aromatic N) is 1. The van der Waals surface area contributed by atoms with Gasteiger partial charge in [0.2, 0.25) is 0 Å². The molecule has 1 aromatic heterocycles. The van der Waals surface area contributed by atoms with Crippen LogP contribution >= 0.6 is 22.9 Å². The van der Waals surface area contributed by atoms with Gasteiger partial charge >= 0.3 is 0 Å². The van der Waals surface area contributed by atoms with E-state index in [1.165, 1.54) is 25.5 Å². The highest BCUT2D eigenvalue weighted by Gasteiger charge is 2.37. The predicted molar refractivity (Wildman–Crippen MR) is 90.6 cm³/mol. The van der Waals surface area contributed by atoms with Crippen LogP contribution in [0.2, 0.25) is 5.02 Å². The summed E-state index contributed by atoms with van der Waals surface area (Å²) in [5.74, 6) is -0.191. The summed E-state index contributed by atoms with van der Waals surface area (Å²) >= 11 is 7.42. The van der Waals surface area contributed by atoms with Gasteiger partial charge in [0.15, 0.2) is 0 Å². The van der Waals surface area contributed by atoms with Crippen LogP contribution in [0.3, 0.4) is 0 Å². The Hall–Kier alpha value is -2.31. The van der Waals surface area contributed by atoms with Crippen molar-refractivity contribution in [3.05, 3.63) is 51.3 Å². The molecule has 0 aliphatic carbocycles. The Morgan fingerprint density at radius 2 is 2.00 bits per heavy atom. The van der Waals surface area contributed by atoms with E-state index in [0.29, 0.717) is 22.0 Å². The van der Waals surface area contributed by atoms with Gasteiger partial charge in [0.1, 0.15) is 11.4 Å². The molecule has 0 spiro atoms. The first-order valence-electron chi connectivity index (χ1n) is 6.74. The number of imide groups is 1. The Bertz CT molecular complexity index is 815. The lowest BCUT2D eigenvalue weighted by atomic mass is 10.2. The number of hydrogen-bond acceptors (Lipinski definition) is 5. The van der Waals surface area contributed by atoms with Crippen LogP contribution in [-0.2, 0) is 9.59 Å². The molecule has 1 aliphatic rings. The maximum Gasteiger partial charge on any atom is 0.277 e. The third-order valence-electron chi connectivity index (χ3n) is 3.48. The zero-order valence-corrected chi connectivity index (χ0v) is 14.0. The van der Waals surface area contributed by atoms with E-state index in [4.69, 9.17) is 16.3 Å². The van der Waals surface area contributed by atoms with Crippen LogP contribution in [0, 0.1) is 0 Å². The van der Waals surface area contributed by atoms with Crippen LogP contribution in [0.15, 0.2) is 41.4 Å². The highest BCUT2D eigenvalue weighted by Crippen LogP contribution is 2.35. The van der Waals surface area contributed by atoms with Crippen LogP contribution < -0.4 is 10.1 Å². The Kier molecular flexibility index (Phi) is 4.11.